The number of hydrogen-bond acceptors (Lipinski definition) is 6. The van der Waals surface area contributed by atoms with E-state index in [9.17, 15) is 19.2 Å². The Morgan fingerprint density at radius 2 is 1.53 bits per heavy atom. The maximum Gasteiger partial charge on any atom is 0.262 e. The van der Waals surface area contributed by atoms with Gasteiger partial charge < -0.3 is 10.6 Å². The fourth-order valence-electron chi connectivity index (χ4n) is 7.92. The molecule has 36 heavy (non-hydrogen) atoms. The third-order valence-electron chi connectivity index (χ3n) is 9.16. The van der Waals surface area contributed by atoms with Gasteiger partial charge in [0.2, 0.25) is 11.8 Å². The van der Waals surface area contributed by atoms with E-state index in [-0.39, 0.29) is 18.7 Å². The van der Waals surface area contributed by atoms with Crippen molar-refractivity contribution < 1.29 is 19.2 Å². The second-order valence-electron chi connectivity index (χ2n) is 11.8. The Morgan fingerprint density at radius 1 is 0.861 bits per heavy atom. The first kappa shape index (κ1) is 23.6. The van der Waals surface area contributed by atoms with Gasteiger partial charge in [-0.15, -0.1) is 0 Å². The summed E-state index contributed by atoms with van der Waals surface area (Å²) in [6.07, 6.45) is 12.2. The van der Waals surface area contributed by atoms with Crippen LogP contribution in [-0.2, 0) is 9.59 Å². The molecule has 1 aromatic carbocycles. The third kappa shape index (κ3) is 4.33. The molecule has 0 spiro atoms. The summed E-state index contributed by atoms with van der Waals surface area (Å²) in [4.78, 5) is 50.4. The number of carbonyl (C=O) groups is 4. The van der Waals surface area contributed by atoms with Crippen LogP contribution in [0.15, 0.2) is 18.2 Å². The Balaban J connectivity index is 0.957. The lowest BCUT2D eigenvalue weighted by Gasteiger charge is -2.57. The van der Waals surface area contributed by atoms with Crippen molar-refractivity contribution in [2.45, 2.75) is 82.2 Å². The number of piperidine rings is 1. The minimum Gasteiger partial charge on any atom is -0.385 e. The molecule has 7 rings (SSSR count). The molecule has 8 nitrogen and oxygen atoms in total. The maximum atomic E-state index is 13.0. The molecule has 1 unspecified atom stereocenters. The molecule has 4 bridgehead atoms. The summed E-state index contributed by atoms with van der Waals surface area (Å²) >= 11 is 0. The van der Waals surface area contributed by atoms with Crippen molar-refractivity contribution in [3.63, 3.8) is 0 Å². The van der Waals surface area contributed by atoms with E-state index in [1.807, 2.05) is 6.07 Å². The predicted octanol–water partition coefficient (Wildman–Crippen LogP) is 3.23. The molecule has 1 saturated heterocycles. The number of hydrogen-bond donors (Lipinski definition) is 3. The van der Waals surface area contributed by atoms with Crippen molar-refractivity contribution in [2.75, 3.05) is 18.4 Å². The van der Waals surface area contributed by atoms with E-state index in [1.165, 1.54) is 44.9 Å². The number of carbonyl (C=O) groups excluding carboxylic acids is 4. The quantitative estimate of drug-likeness (QED) is 0.361. The molecule has 8 heteroatoms. The molecule has 2 aliphatic heterocycles. The molecular weight excluding hydrogens is 456 g/mol. The van der Waals surface area contributed by atoms with Crippen molar-refractivity contribution in [3.8, 4) is 0 Å². The monoisotopic (exact) mass is 492 g/mol. The second-order valence-corrected chi connectivity index (χ2v) is 11.8. The highest BCUT2D eigenvalue weighted by Gasteiger charge is 2.50. The van der Waals surface area contributed by atoms with Gasteiger partial charge in [0.25, 0.3) is 11.8 Å². The van der Waals surface area contributed by atoms with E-state index in [0.29, 0.717) is 16.7 Å². The van der Waals surface area contributed by atoms with Gasteiger partial charge in [0.1, 0.15) is 6.04 Å². The average Bonchev–Trinajstić information content (AvgIpc) is 3.07. The average molecular weight is 493 g/mol. The van der Waals surface area contributed by atoms with Crippen molar-refractivity contribution in [1.82, 2.24) is 15.5 Å². The number of benzene rings is 1. The lowest BCUT2D eigenvalue weighted by molar-refractivity contribution is -0.136. The first-order valence-corrected chi connectivity index (χ1v) is 13.8. The molecule has 2 heterocycles. The molecule has 0 aromatic heterocycles. The number of amides is 4. The summed E-state index contributed by atoms with van der Waals surface area (Å²) in [5.41, 5.74) is 1.86. The van der Waals surface area contributed by atoms with Crippen molar-refractivity contribution in [2.24, 2.45) is 17.8 Å². The number of nitrogens with zero attached hydrogens (tertiary/aromatic N) is 1. The van der Waals surface area contributed by atoms with Crippen LogP contribution in [0.25, 0.3) is 0 Å². The number of anilines is 1. The number of unbranched alkanes of at least 4 members (excludes halogenated alkanes) is 2. The van der Waals surface area contributed by atoms with Gasteiger partial charge in [-0.25, -0.2) is 0 Å². The summed E-state index contributed by atoms with van der Waals surface area (Å²) in [5, 5.41) is 9.57. The van der Waals surface area contributed by atoms with E-state index < -0.39 is 23.8 Å². The van der Waals surface area contributed by atoms with Gasteiger partial charge in [0, 0.05) is 24.2 Å². The van der Waals surface area contributed by atoms with Crippen LogP contribution in [-0.4, -0.2) is 53.2 Å². The number of rotatable bonds is 9. The van der Waals surface area contributed by atoms with E-state index in [0.717, 1.165) is 54.3 Å². The SMILES string of the molecule is O=C1CCC(N2C(=O)c3ccc(NCCCCCNC45CC6CC(CC(C6)C4)C5)cc3C2=O)C(=O)N1. The minimum atomic E-state index is -0.932. The highest BCUT2D eigenvalue weighted by Crippen LogP contribution is 2.55. The van der Waals surface area contributed by atoms with Gasteiger partial charge in [-0.3, -0.25) is 29.4 Å². The molecule has 1 atom stereocenters. The molecule has 4 amide bonds. The highest BCUT2D eigenvalue weighted by molar-refractivity contribution is 6.23. The molecule has 3 N–H and O–H groups in total. The van der Waals surface area contributed by atoms with Crippen LogP contribution in [0.1, 0.15) is 91.3 Å². The maximum absolute atomic E-state index is 13.0. The van der Waals surface area contributed by atoms with Crippen molar-refractivity contribution in [3.05, 3.63) is 29.3 Å². The summed E-state index contributed by atoms with van der Waals surface area (Å²) < 4.78 is 0. The predicted molar refractivity (Wildman–Crippen MR) is 134 cm³/mol. The zero-order valence-electron chi connectivity index (χ0n) is 20.8. The molecule has 5 fully saturated rings. The van der Waals surface area contributed by atoms with Crippen LogP contribution < -0.4 is 16.0 Å². The second kappa shape index (κ2) is 9.29. The fraction of sp³-hybridized carbons (Fsp3) is 0.643. The number of fused-ring (bicyclic) bond motifs is 1. The molecule has 192 valence electrons. The van der Waals surface area contributed by atoms with E-state index in [1.54, 1.807) is 12.1 Å². The van der Waals surface area contributed by atoms with Gasteiger partial charge >= 0.3 is 0 Å². The van der Waals surface area contributed by atoms with E-state index in [2.05, 4.69) is 16.0 Å². The highest BCUT2D eigenvalue weighted by atomic mass is 16.2. The molecule has 6 aliphatic rings. The summed E-state index contributed by atoms with van der Waals surface area (Å²) in [6.45, 7) is 1.90. The smallest absolute Gasteiger partial charge is 0.262 e. The first-order chi connectivity index (χ1) is 17.4. The lowest BCUT2D eigenvalue weighted by Crippen LogP contribution is -2.58. The summed E-state index contributed by atoms with van der Waals surface area (Å²) in [7, 11) is 0. The Labute approximate surface area is 211 Å². The zero-order valence-corrected chi connectivity index (χ0v) is 20.8. The normalized spacial score (nSPS) is 32.7. The standard InChI is InChI=1S/C28H36N4O4/c33-24-7-6-23(25(34)31-24)32-26(35)21-5-4-20(13-22(21)27(32)36)29-8-2-1-3-9-30-28-14-17-10-18(15-28)12-19(11-17)16-28/h4-5,13,17-19,23,29-30H,1-3,6-12,14-16H2,(H,31,33,34). The first-order valence-electron chi connectivity index (χ1n) is 13.8. The number of nitrogens with one attached hydrogen (secondary N) is 3. The van der Waals surface area contributed by atoms with Crippen LogP contribution in [0.3, 0.4) is 0 Å². The third-order valence-corrected chi connectivity index (χ3v) is 9.16. The van der Waals surface area contributed by atoms with Gasteiger partial charge in [-0.2, -0.15) is 0 Å². The van der Waals surface area contributed by atoms with Gasteiger partial charge in [0.05, 0.1) is 11.1 Å². The molecule has 0 radical (unpaired) electrons. The van der Waals surface area contributed by atoms with Crippen LogP contribution in [0.4, 0.5) is 5.69 Å². The van der Waals surface area contributed by atoms with Crippen LogP contribution >= 0.6 is 0 Å². The molecule has 4 saturated carbocycles. The Hall–Kier alpha value is -2.74. The Kier molecular flexibility index (Phi) is 6.10. The zero-order chi connectivity index (χ0) is 24.9. The molecule has 1 aromatic rings. The van der Waals surface area contributed by atoms with Crippen LogP contribution in [0.2, 0.25) is 0 Å². The lowest BCUT2D eigenvalue weighted by atomic mass is 9.53. The fourth-order valence-corrected chi connectivity index (χ4v) is 7.92. The molecule has 4 aliphatic carbocycles. The largest absolute Gasteiger partial charge is 0.385 e. The molecular formula is C28H36N4O4. The number of imide groups is 2. The van der Waals surface area contributed by atoms with Gasteiger partial charge in [0.15, 0.2) is 0 Å². The summed E-state index contributed by atoms with van der Waals surface area (Å²) in [5.74, 6) is 1.02. The van der Waals surface area contributed by atoms with Crippen LogP contribution in [0, 0.1) is 17.8 Å². The van der Waals surface area contributed by atoms with Gasteiger partial charge in [-0.05, 0) is 100 Å². The summed E-state index contributed by atoms with van der Waals surface area (Å²) in [6, 6.07) is 4.24. The van der Waals surface area contributed by atoms with E-state index in [4.69, 9.17) is 0 Å². The van der Waals surface area contributed by atoms with Crippen molar-refractivity contribution in [1.29, 1.82) is 0 Å². The van der Waals surface area contributed by atoms with Crippen molar-refractivity contribution >= 4 is 29.3 Å². The Morgan fingerprint density at radius 3 is 2.22 bits per heavy atom. The van der Waals surface area contributed by atoms with E-state index >= 15 is 0 Å². The van der Waals surface area contributed by atoms with Crippen LogP contribution in [0.5, 0.6) is 0 Å². The minimum absolute atomic E-state index is 0.120. The topological polar surface area (TPSA) is 108 Å². The van der Waals surface area contributed by atoms with Gasteiger partial charge in [-0.1, -0.05) is 6.42 Å². The Bertz CT molecular complexity index is 1060.